The van der Waals surface area contributed by atoms with Crippen molar-refractivity contribution in [2.24, 2.45) is 10.7 Å². The van der Waals surface area contributed by atoms with Crippen LogP contribution >= 0.6 is 24.0 Å². The molecule has 0 aliphatic heterocycles. The second kappa shape index (κ2) is 9.96. The molecule has 24 heavy (non-hydrogen) atoms. The van der Waals surface area contributed by atoms with Crippen LogP contribution in [0.2, 0.25) is 0 Å². The van der Waals surface area contributed by atoms with E-state index in [1.54, 1.807) is 19.1 Å². The molecule has 0 amide bonds. The molecule has 3 N–H and O–H groups in total. The highest BCUT2D eigenvalue weighted by atomic mass is 127. The van der Waals surface area contributed by atoms with Gasteiger partial charge in [-0.05, 0) is 43.2 Å². The van der Waals surface area contributed by atoms with E-state index in [9.17, 15) is 4.79 Å². The third kappa shape index (κ3) is 5.88. The highest BCUT2D eigenvalue weighted by molar-refractivity contribution is 14.0. The van der Waals surface area contributed by atoms with Gasteiger partial charge in [0.15, 0.2) is 5.96 Å². The molecule has 0 atom stereocenters. The quantitative estimate of drug-likeness (QED) is 0.309. The number of hydrogen-bond donors (Lipinski definition) is 2. The van der Waals surface area contributed by atoms with Crippen LogP contribution in [0.3, 0.4) is 0 Å². The number of ether oxygens (including phenoxy) is 1. The van der Waals surface area contributed by atoms with E-state index in [4.69, 9.17) is 14.9 Å². The summed E-state index contributed by atoms with van der Waals surface area (Å²) in [5.41, 5.74) is 7.97. The summed E-state index contributed by atoms with van der Waals surface area (Å²) in [6.07, 6.45) is 0.954. The molecule has 0 unspecified atom stereocenters. The second-order valence-corrected chi connectivity index (χ2v) is 4.87. The molecule has 1 heterocycles. The lowest BCUT2D eigenvalue weighted by Crippen LogP contribution is -2.22. The zero-order valence-corrected chi connectivity index (χ0v) is 16.1. The third-order valence-electron chi connectivity index (χ3n) is 3.15. The molecule has 1 aromatic heterocycles. The molecule has 0 aliphatic rings. The fourth-order valence-electron chi connectivity index (χ4n) is 1.99. The van der Waals surface area contributed by atoms with Crippen LogP contribution in [0.4, 0.5) is 5.69 Å². The van der Waals surface area contributed by atoms with Gasteiger partial charge in [0.25, 0.3) is 0 Å². The molecule has 0 radical (unpaired) electrons. The molecule has 0 aliphatic carbocycles. The molecule has 130 valence electrons. The number of hydrogen-bond acceptors (Lipinski definition) is 4. The molecular formula is C17H22IN3O3. The summed E-state index contributed by atoms with van der Waals surface area (Å²) >= 11 is 0. The smallest absolute Gasteiger partial charge is 0.374 e. The number of esters is 1. The minimum Gasteiger partial charge on any atom is -0.460 e. The van der Waals surface area contributed by atoms with Gasteiger partial charge in [0.05, 0.1) is 6.61 Å². The van der Waals surface area contributed by atoms with Gasteiger partial charge in [0.1, 0.15) is 12.3 Å². The van der Waals surface area contributed by atoms with Crippen LogP contribution in [0, 0.1) is 0 Å². The van der Waals surface area contributed by atoms with Gasteiger partial charge in [-0.25, -0.2) is 9.79 Å². The topological polar surface area (TPSA) is 89.8 Å². The van der Waals surface area contributed by atoms with E-state index in [0.717, 1.165) is 12.1 Å². The number of halogens is 1. The molecule has 0 fully saturated rings. The van der Waals surface area contributed by atoms with Crippen molar-refractivity contribution < 1.29 is 13.9 Å². The van der Waals surface area contributed by atoms with Crippen LogP contribution in [-0.4, -0.2) is 18.5 Å². The number of benzene rings is 1. The predicted octanol–water partition coefficient (Wildman–Crippen LogP) is 3.56. The molecule has 6 nitrogen and oxygen atoms in total. The van der Waals surface area contributed by atoms with Gasteiger partial charge in [0.2, 0.25) is 5.76 Å². The SMILES string of the molecule is CCOC(=O)c1ccc(CN=C(N)Nc2cccc(CC)c2)o1.I. The molecule has 0 bridgehead atoms. The van der Waals surface area contributed by atoms with E-state index in [1.165, 1.54) is 5.56 Å². The summed E-state index contributed by atoms with van der Waals surface area (Å²) in [6.45, 7) is 4.38. The summed E-state index contributed by atoms with van der Waals surface area (Å²) in [5.74, 6) is 0.511. The Morgan fingerprint density at radius 2 is 2.08 bits per heavy atom. The van der Waals surface area contributed by atoms with Crippen LogP contribution in [0.25, 0.3) is 0 Å². The Morgan fingerprint density at radius 1 is 1.29 bits per heavy atom. The highest BCUT2D eigenvalue weighted by Gasteiger charge is 2.11. The van der Waals surface area contributed by atoms with Gasteiger partial charge in [-0.1, -0.05) is 19.1 Å². The number of anilines is 1. The normalized spacial score (nSPS) is 10.8. The predicted molar refractivity (Wildman–Crippen MR) is 105 cm³/mol. The number of guanidine groups is 1. The van der Waals surface area contributed by atoms with Crippen molar-refractivity contribution in [2.75, 3.05) is 11.9 Å². The van der Waals surface area contributed by atoms with Crippen molar-refractivity contribution in [1.82, 2.24) is 0 Å². The summed E-state index contributed by atoms with van der Waals surface area (Å²) in [4.78, 5) is 15.7. The average Bonchev–Trinajstić information content (AvgIpc) is 3.02. The van der Waals surface area contributed by atoms with Gasteiger partial charge in [-0.2, -0.15) is 0 Å². The van der Waals surface area contributed by atoms with E-state index >= 15 is 0 Å². The van der Waals surface area contributed by atoms with Crippen LogP contribution < -0.4 is 11.1 Å². The Balaban J connectivity index is 0.00000288. The molecular weight excluding hydrogens is 421 g/mol. The van der Waals surface area contributed by atoms with Gasteiger partial charge in [0, 0.05) is 5.69 Å². The maximum Gasteiger partial charge on any atom is 0.374 e. The summed E-state index contributed by atoms with van der Waals surface area (Å²) < 4.78 is 10.2. The van der Waals surface area contributed by atoms with Crippen molar-refractivity contribution in [3.8, 4) is 0 Å². The monoisotopic (exact) mass is 443 g/mol. The number of aryl methyl sites for hydroxylation is 1. The fourth-order valence-corrected chi connectivity index (χ4v) is 1.99. The van der Waals surface area contributed by atoms with E-state index in [-0.39, 0.29) is 42.2 Å². The van der Waals surface area contributed by atoms with Gasteiger partial charge in [-0.3, -0.25) is 0 Å². The largest absolute Gasteiger partial charge is 0.460 e. The highest BCUT2D eigenvalue weighted by Crippen LogP contribution is 2.12. The van der Waals surface area contributed by atoms with Crippen LogP contribution in [0.1, 0.15) is 35.7 Å². The zero-order chi connectivity index (χ0) is 16.7. The van der Waals surface area contributed by atoms with E-state index < -0.39 is 5.97 Å². The van der Waals surface area contributed by atoms with E-state index in [0.29, 0.717) is 12.4 Å². The van der Waals surface area contributed by atoms with Crippen molar-refractivity contribution in [1.29, 1.82) is 0 Å². The average molecular weight is 443 g/mol. The summed E-state index contributed by atoms with van der Waals surface area (Å²) in [6, 6.07) is 11.2. The summed E-state index contributed by atoms with van der Waals surface area (Å²) in [5, 5.41) is 3.03. The Morgan fingerprint density at radius 3 is 2.79 bits per heavy atom. The Bertz CT molecular complexity index is 698. The first-order valence-corrected chi connectivity index (χ1v) is 7.54. The van der Waals surface area contributed by atoms with Crippen molar-refractivity contribution in [3.63, 3.8) is 0 Å². The van der Waals surface area contributed by atoms with Crippen molar-refractivity contribution in [2.45, 2.75) is 26.8 Å². The molecule has 2 aromatic rings. The number of carbonyl (C=O) groups excluding carboxylic acids is 1. The molecule has 7 heteroatoms. The van der Waals surface area contributed by atoms with Crippen molar-refractivity contribution >= 4 is 41.6 Å². The molecule has 0 saturated heterocycles. The second-order valence-electron chi connectivity index (χ2n) is 4.87. The van der Waals surface area contributed by atoms with E-state index in [1.807, 2.05) is 18.2 Å². The first-order valence-electron chi connectivity index (χ1n) is 7.54. The lowest BCUT2D eigenvalue weighted by molar-refractivity contribution is 0.0488. The minimum absolute atomic E-state index is 0. The number of furan rings is 1. The Hall–Kier alpha value is -2.03. The van der Waals surface area contributed by atoms with Crippen LogP contribution in [0.5, 0.6) is 0 Å². The van der Waals surface area contributed by atoms with Crippen LogP contribution in [-0.2, 0) is 17.7 Å². The third-order valence-corrected chi connectivity index (χ3v) is 3.15. The maximum absolute atomic E-state index is 11.5. The fraction of sp³-hybridized carbons (Fsp3) is 0.294. The number of nitrogens with one attached hydrogen (secondary N) is 1. The number of rotatable bonds is 6. The van der Waals surface area contributed by atoms with Gasteiger partial charge >= 0.3 is 5.97 Å². The van der Waals surface area contributed by atoms with Crippen LogP contribution in [0.15, 0.2) is 45.8 Å². The van der Waals surface area contributed by atoms with E-state index in [2.05, 4.69) is 23.3 Å². The number of nitrogens with zero attached hydrogens (tertiary/aromatic N) is 1. The minimum atomic E-state index is -0.481. The Kier molecular flexibility index (Phi) is 8.31. The maximum atomic E-state index is 11.5. The Labute approximate surface area is 158 Å². The molecule has 0 spiro atoms. The molecule has 1 aromatic carbocycles. The van der Waals surface area contributed by atoms with Gasteiger partial charge in [-0.15, -0.1) is 24.0 Å². The number of carbonyl (C=O) groups is 1. The molecule has 2 rings (SSSR count). The summed E-state index contributed by atoms with van der Waals surface area (Å²) in [7, 11) is 0. The molecule has 0 saturated carbocycles. The van der Waals surface area contributed by atoms with Crippen molar-refractivity contribution in [3.05, 3.63) is 53.5 Å². The standard InChI is InChI=1S/C17H21N3O3.HI/c1-3-12-6-5-7-13(10-12)20-17(18)19-11-14-8-9-15(23-14)16(21)22-4-2;/h5-10H,3-4,11H2,1-2H3,(H3,18,19,20);1H. The number of aliphatic imine (C=N–C) groups is 1. The first-order chi connectivity index (χ1) is 11.1. The first kappa shape index (κ1) is 20.0. The number of nitrogens with two attached hydrogens (primary N) is 1. The zero-order valence-electron chi connectivity index (χ0n) is 13.7. The lowest BCUT2D eigenvalue weighted by atomic mass is 10.1. The lowest BCUT2D eigenvalue weighted by Gasteiger charge is -2.06. The van der Waals surface area contributed by atoms with Gasteiger partial charge < -0.3 is 20.2 Å².